The third-order valence-corrected chi connectivity index (χ3v) is 6.86. The molecule has 0 aromatic carbocycles. The average molecular weight is 445 g/mol. The summed E-state index contributed by atoms with van der Waals surface area (Å²) in [5.41, 5.74) is 2.79. The van der Waals surface area contributed by atoms with E-state index in [-0.39, 0.29) is 11.4 Å². The first-order chi connectivity index (χ1) is 15.9. The molecule has 33 heavy (non-hydrogen) atoms. The first-order valence-corrected chi connectivity index (χ1v) is 11.3. The molecule has 1 amide bonds. The number of morpholine rings is 1. The van der Waals surface area contributed by atoms with E-state index in [1.165, 1.54) is 0 Å². The Balaban J connectivity index is 1.34. The largest absolute Gasteiger partial charge is 0.378 e. The number of hydrogen-bond acceptors (Lipinski definition) is 7. The van der Waals surface area contributed by atoms with E-state index in [9.17, 15) is 4.79 Å². The lowest BCUT2D eigenvalue weighted by atomic mass is 10.0. The molecule has 0 bridgehead atoms. The van der Waals surface area contributed by atoms with Gasteiger partial charge in [-0.3, -0.25) is 9.69 Å². The van der Waals surface area contributed by atoms with Crippen molar-refractivity contribution in [2.45, 2.75) is 38.8 Å². The number of hydrogen-bond donors (Lipinski definition) is 0. The highest BCUT2D eigenvalue weighted by Crippen LogP contribution is 2.36. The number of aromatic nitrogens is 5. The standard InChI is InChI=1S/C24H26N7O2/c1-15-17-14-30(23(32)16(17)13-21(25-15)29-9-11-33-12-10-29)19-6-4-5-18(26-19)22-28-27-20-7-8-24(2,3)31(20)22/h4-6,13H,1,7-12,14H2,2-3H3. The number of amides is 1. The Labute approximate surface area is 192 Å². The van der Waals surface area contributed by atoms with Crippen LogP contribution in [0.5, 0.6) is 0 Å². The summed E-state index contributed by atoms with van der Waals surface area (Å²) in [5, 5.41) is 8.79. The minimum Gasteiger partial charge on any atom is -0.378 e. The molecule has 0 saturated carbocycles. The van der Waals surface area contributed by atoms with Crippen molar-refractivity contribution in [1.82, 2.24) is 24.7 Å². The normalized spacial score (nSPS) is 19.2. The van der Waals surface area contributed by atoms with Crippen LogP contribution in [0.15, 0.2) is 24.3 Å². The van der Waals surface area contributed by atoms with E-state index in [0.717, 1.165) is 49.0 Å². The van der Waals surface area contributed by atoms with Gasteiger partial charge < -0.3 is 14.2 Å². The van der Waals surface area contributed by atoms with E-state index < -0.39 is 0 Å². The molecule has 3 aromatic heterocycles. The zero-order chi connectivity index (χ0) is 22.7. The minimum atomic E-state index is -0.0803. The van der Waals surface area contributed by atoms with Gasteiger partial charge in [0.25, 0.3) is 5.91 Å². The number of carbonyl (C=O) groups is 1. The fourth-order valence-electron chi connectivity index (χ4n) is 5.00. The molecule has 9 nitrogen and oxygen atoms in total. The predicted molar refractivity (Wildman–Crippen MR) is 123 cm³/mol. The minimum absolute atomic E-state index is 0.0596. The lowest BCUT2D eigenvalue weighted by molar-refractivity contribution is 0.0996. The summed E-state index contributed by atoms with van der Waals surface area (Å²) < 4.78 is 7.62. The Hall–Kier alpha value is -3.33. The average Bonchev–Trinajstić information content (AvgIpc) is 3.49. The summed E-state index contributed by atoms with van der Waals surface area (Å²) in [5.74, 6) is 3.01. The molecule has 1 radical (unpaired) electrons. The number of pyridine rings is 2. The quantitative estimate of drug-likeness (QED) is 0.613. The summed E-state index contributed by atoms with van der Waals surface area (Å²) in [7, 11) is 0. The van der Waals surface area contributed by atoms with Gasteiger partial charge in [0.2, 0.25) is 0 Å². The van der Waals surface area contributed by atoms with Crippen molar-refractivity contribution < 1.29 is 9.53 Å². The van der Waals surface area contributed by atoms with Crippen molar-refractivity contribution in [1.29, 1.82) is 0 Å². The highest BCUT2D eigenvalue weighted by Gasteiger charge is 2.35. The molecule has 1 saturated heterocycles. The van der Waals surface area contributed by atoms with E-state index >= 15 is 0 Å². The zero-order valence-electron chi connectivity index (χ0n) is 18.9. The van der Waals surface area contributed by atoms with Crippen LogP contribution in [0.3, 0.4) is 0 Å². The van der Waals surface area contributed by atoms with Gasteiger partial charge in [-0.25, -0.2) is 9.97 Å². The molecule has 0 atom stereocenters. The molecule has 3 aromatic rings. The van der Waals surface area contributed by atoms with Crippen LogP contribution in [0.1, 0.15) is 47.7 Å². The topological polar surface area (TPSA) is 89.3 Å². The van der Waals surface area contributed by atoms with Gasteiger partial charge in [0, 0.05) is 36.3 Å². The molecule has 0 N–H and O–H groups in total. The van der Waals surface area contributed by atoms with Gasteiger partial charge >= 0.3 is 0 Å². The molecule has 3 aliphatic heterocycles. The molecule has 169 valence electrons. The van der Waals surface area contributed by atoms with E-state index in [4.69, 9.17) is 9.72 Å². The van der Waals surface area contributed by atoms with E-state index in [1.807, 2.05) is 24.3 Å². The number of nitrogens with zero attached hydrogens (tertiary/aromatic N) is 7. The molecule has 3 aliphatic rings. The molecule has 1 fully saturated rings. The summed E-state index contributed by atoms with van der Waals surface area (Å²) in [6, 6.07) is 7.59. The second-order valence-electron chi connectivity index (χ2n) is 9.41. The fourth-order valence-corrected chi connectivity index (χ4v) is 5.00. The van der Waals surface area contributed by atoms with Crippen LogP contribution >= 0.6 is 0 Å². The fraction of sp³-hybridized carbons (Fsp3) is 0.417. The molecule has 6 rings (SSSR count). The first kappa shape index (κ1) is 20.3. The molecule has 9 heteroatoms. The van der Waals surface area contributed by atoms with Crippen LogP contribution in [-0.4, -0.2) is 56.9 Å². The van der Waals surface area contributed by atoms with Gasteiger partial charge in [-0.2, -0.15) is 0 Å². The van der Waals surface area contributed by atoms with Gasteiger partial charge in [-0.15, -0.1) is 10.2 Å². The number of rotatable bonds is 3. The van der Waals surface area contributed by atoms with Gasteiger partial charge in [0.1, 0.15) is 23.2 Å². The van der Waals surface area contributed by atoms with Crippen LogP contribution in [0.4, 0.5) is 11.6 Å². The Morgan fingerprint density at radius 2 is 1.91 bits per heavy atom. The van der Waals surface area contributed by atoms with Crippen molar-refractivity contribution in [3.63, 3.8) is 0 Å². The molecule has 6 heterocycles. The van der Waals surface area contributed by atoms with Crippen molar-refractivity contribution in [2.75, 3.05) is 36.1 Å². The van der Waals surface area contributed by atoms with Crippen molar-refractivity contribution in [3.8, 4) is 11.5 Å². The SMILES string of the molecule is [CH2]c1nc(N2CCOCC2)cc2c1CN(c1cccc(-c3nnc4n3C(C)(C)CC4)n1)C2=O. The molecule has 0 unspecified atom stereocenters. The van der Waals surface area contributed by atoms with Crippen molar-refractivity contribution in [3.05, 3.63) is 53.8 Å². The second kappa shape index (κ2) is 7.34. The van der Waals surface area contributed by atoms with Crippen LogP contribution in [0.25, 0.3) is 11.5 Å². The molecular weight excluding hydrogens is 418 g/mol. The van der Waals surface area contributed by atoms with E-state index in [0.29, 0.717) is 42.5 Å². The van der Waals surface area contributed by atoms with Gasteiger partial charge in [0.15, 0.2) is 5.82 Å². The third-order valence-electron chi connectivity index (χ3n) is 6.86. The highest BCUT2D eigenvalue weighted by molar-refractivity contribution is 6.10. The predicted octanol–water partition coefficient (Wildman–Crippen LogP) is 2.60. The smallest absolute Gasteiger partial charge is 0.260 e. The third kappa shape index (κ3) is 3.21. The Kier molecular flexibility index (Phi) is 4.52. The summed E-state index contributed by atoms with van der Waals surface area (Å²) >= 11 is 0. The number of carbonyl (C=O) groups excluding carboxylic acids is 1. The number of aryl methyl sites for hydroxylation is 1. The maximum absolute atomic E-state index is 13.4. The zero-order valence-corrected chi connectivity index (χ0v) is 18.9. The lowest BCUT2D eigenvalue weighted by Gasteiger charge is -2.28. The first-order valence-electron chi connectivity index (χ1n) is 11.3. The van der Waals surface area contributed by atoms with E-state index in [1.54, 1.807) is 4.90 Å². The number of fused-ring (bicyclic) bond motifs is 2. The summed E-state index contributed by atoms with van der Waals surface area (Å²) in [6.45, 7) is 11.7. The molecule has 0 aliphatic carbocycles. The maximum atomic E-state index is 13.4. The Morgan fingerprint density at radius 3 is 2.73 bits per heavy atom. The lowest BCUT2D eigenvalue weighted by Crippen LogP contribution is -2.37. The summed E-state index contributed by atoms with van der Waals surface area (Å²) in [4.78, 5) is 26.8. The molecular formula is C24H26N7O2. The summed E-state index contributed by atoms with van der Waals surface area (Å²) in [6.07, 6.45) is 1.93. The molecule has 0 spiro atoms. The Bertz CT molecular complexity index is 1260. The van der Waals surface area contributed by atoms with Crippen molar-refractivity contribution in [2.24, 2.45) is 0 Å². The Morgan fingerprint density at radius 1 is 1.09 bits per heavy atom. The van der Waals surface area contributed by atoms with Crippen LogP contribution < -0.4 is 9.80 Å². The van der Waals surface area contributed by atoms with E-state index in [2.05, 4.69) is 45.4 Å². The highest BCUT2D eigenvalue weighted by atomic mass is 16.5. The van der Waals surface area contributed by atoms with Gasteiger partial charge in [-0.1, -0.05) is 6.07 Å². The van der Waals surface area contributed by atoms with Crippen molar-refractivity contribution >= 4 is 17.5 Å². The monoisotopic (exact) mass is 444 g/mol. The van der Waals surface area contributed by atoms with Crippen LogP contribution in [-0.2, 0) is 23.2 Å². The number of ether oxygens (including phenoxy) is 1. The van der Waals surface area contributed by atoms with Crippen LogP contribution in [0.2, 0.25) is 0 Å². The van der Waals surface area contributed by atoms with Gasteiger partial charge in [-0.05, 0) is 45.4 Å². The second-order valence-corrected chi connectivity index (χ2v) is 9.41. The van der Waals surface area contributed by atoms with Crippen LogP contribution in [0, 0.1) is 6.92 Å². The number of anilines is 2. The maximum Gasteiger partial charge on any atom is 0.260 e. The van der Waals surface area contributed by atoms with Gasteiger partial charge in [0.05, 0.1) is 25.3 Å².